The number of carbonyl (C=O) groups is 1. The zero-order valence-electron chi connectivity index (χ0n) is 12.6. The van der Waals surface area contributed by atoms with Crippen molar-refractivity contribution >= 4 is 33.3 Å². The summed E-state index contributed by atoms with van der Waals surface area (Å²) in [6.07, 6.45) is 5.86. The molecule has 2 aromatic heterocycles. The lowest BCUT2D eigenvalue weighted by Crippen LogP contribution is -2.42. The van der Waals surface area contributed by atoms with Gasteiger partial charge in [-0.25, -0.2) is 9.97 Å². The number of hydrogen-bond donors (Lipinski definition) is 0. The molecule has 0 N–H and O–H groups in total. The Morgan fingerprint density at radius 3 is 2.68 bits per heavy atom. The number of piperidine rings is 1. The summed E-state index contributed by atoms with van der Waals surface area (Å²) in [7, 11) is 0. The first-order valence-electron chi connectivity index (χ1n) is 8.05. The second kappa shape index (κ2) is 5.83. The third kappa shape index (κ3) is 2.45. The first kappa shape index (κ1) is 13.9. The summed E-state index contributed by atoms with van der Waals surface area (Å²) in [5.41, 5.74) is 1.02. The molecule has 0 bridgehead atoms. The zero-order chi connectivity index (χ0) is 14.9. The first-order valence-corrected chi connectivity index (χ1v) is 8.93. The van der Waals surface area contributed by atoms with E-state index < -0.39 is 0 Å². The van der Waals surface area contributed by atoms with Gasteiger partial charge in [-0.2, -0.15) is 0 Å². The van der Waals surface area contributed by atoms with Crippen molar-refractivity contribution in [3.05, 3.63) is 17.8 Å². The van der Waals surface area contributed by atoms with E-state index in [1.807, 2.05) is 6.07 Å². The number of carbonyl (C=O) groups excluding carboxylic acids is 1. The fraction of sp³-hybridized carbons (Fsp3) is 0.562. The maximum absolute atomic E-state index is 12.5. The highest BCUT2D eigenvalue weighted by molar-refractivity contribution is 7.17. The molecule has 1 amide bonds. The van der Waals surface area contributed by atoms with E-state index in [0.717, 1.165) is 55.1 Å². The van der Waals surface area contributed by atoms with E-state index in [4.69, 9.17) is 0 Å². The van der Waals surface area contributed by atoms with E-state index in [-0.39, 0.29) is 5.92 Å². The minimum absolute atomic E-state index is 0.204. The van der Waals surface area contributed by atoms with E-state index in [0.29, 0.717) is 5.91 Å². The number of likely N-dealkylation sites (tertiary alicyclic amines) is 1. The Morgan fingerprint density at radius 1 is 1.14 bits per heavy atom. The summed E-state index contributed by atoms with van der Waals surface area (Å²) in [4.78, 5) is 25.7. The highest BCUT2D eigenvalue weighted by Crippen LogP contribution is 2.31. The number of anilines is 1. The molecule has 2 saturated heterocycles. The van der Waals surface area contributed by atoms with Gasteiger partial charge in [0, 0.05) is 32.1 Å². The standard InChI is InChI=1S/C16H20N4OS/c21-16(20-6-1-2-7-20)12-3-8-19(9-4-12)15-14-13(5-10-22-14)17-11-18-15/h5,10-12H,1-4,6-9H2. The zero-order valence-corrected chi connectivity index (χ0v) is 13.4. The quantitative estimate of drug-likeness (QED) is 0.854. The molecule has 2 aliphatic heterocycles. The summed E-state index contributed by atoms with van der Waals surface area (Å²) >= 11 is 1.69. The van der Waals surface area contributed by atoms with Crippen molar-refractivity contribution < 1.29 is 4.79 Å². The molecular formula is C16H20N4OS. The Morgan fingerprint density at radius 2 is 1.91 bits per heavy atom. The summed E-state index contributed by atoms with van der Waals surface area (Å²) in [5.74, 6) is 1.61. The normalized spacial score (nSPS) is 20.0. The van der Waals surface area contributed by atoms with E-state index >= 15 is 0 Å². The molecule has 2 aromatic rings. The average molecular weight is 316 g/mol. The first-order chi connectivity index (χ1) is 10.8. The molecule has 0 atom stereocenters. The average Bonchev–Trinajstić information content (AvgIpc) is 3.25. The van der Waals surface area contributed by atoms with Crippen LogP contribution in [0.3, 0.4) is 0 Å². The van der Waals surface area contributed by atoms with Gasteiger partial charge in [0.1, 0.15) is 12.1 Å². The Balaban J connectivity index is 1.45. The molecule has 0 saturated carbocycles. The molecule has 0 aromatic carbocycles. The van der Waals surface area contributed by atoms with Crippen LogP contribution >= 0.6 is 11.3 Å². The van der Waals surface area contributed by atoms with Gasteiger partial charge in [-0.1, -0.05) is 0 Å². The topological polar surface area (TPSA) is 49.3 Å². The molecular weight excluding hydrogens is 296 g/mol. The Bertz CT molecular complexity index is 672. The summed E-state index contributed by atoms with van der Waals surface area (Å²) in [6, 6.07) is 2.04. The van der Waals surface area contributed by atoms with Gasteiger partial charge < -0.3 is 9.80 Å². The van der Waals surface area contributed by atoms with E-state index in [1.165, 1.54) is 12.8 Å². The summed E-state index contributed by atoms with van der Waals surface area (Å²) in [6.45, 7) is 3.74. The lowest BCUT2D eigenvalue weighted by Gasteiger charge is -2.33. The monoisotopic (exact) mass is 316 g/mol. The minimum Gasteiger partial charge on any atom is -0.355 e. The van der Waals surface area contributed by atoms with Crippen LogP contribution in [0.2, 0.25) is 0 Å². The molecule has 2 fully saturated rings. The molecule has 0 spiro atoms. The predicted octanol–water partition coefficient (Wildman–Crippen LogP) is 2.53. The maximum Gasteiger partial charge on any atom is 0.225 e. The molecule has 0 radical (unpaired) electrons. The number of rotatable bonds is 2. The van der Waals surface area contributed by atoms with Crippen molar-refractivity contribution in [2.45, 2.75) is 25.7 Å². The summed E-state index contributed by atoms with van der Waals surface area (Å²) < 4.78 is 1.16. The molecule has 6 heteroatoms. The number of amides is 1. The van der Waals surface area contributed by atoms with Crippen LogP contribution in [-0.4, -0.2) is 47.0 Å². The summed E-state index contributed by atoms with van der Waals surface area (Å²) in [5, 5.41) is 2.06. The SMILES string of the molecule is O=C(C1CCN(c2ncnc3ccsc23)CC1)N1CCCC1. The van der Waals surface area contributed by atoms with Crippen LogP contribution in [0.1, 0.15) is 25.7 Å². The molecule has 0 aliphatic carbocycles. The fourth-order valence-electron chi connectivity index (χ4n) is 3.54. The Hall–Kier alpha value is -1.69. The largest absolute Gasteiger partial charge is 0.355 e. The van der Waals surface area contributed by atoms with Crippen molar-refractivity contribution in [1.29, 1.82) is 0 Å². The maximum atomic E-state index is 12.5. The molecule has 0 unspecified atom stereocenters. The second-order valence-corrected chi connectivity index (χ2v) is 7.04. The molecule has 5 nitrogen and oxygen atoms in total. The van der Waals surface area contributed by atoms with Gasteiger partial charge >= 0.3 is 0 Å². The van der Waals surface area contributed by atoms with Gasteiger partial charge in [-0.3, -0.25) is 4.79 Å². The van der Waals surface area contributed by atoms with Crippen molar-refractivity contribution in [3.8, 4) is 0 Å². The van der Waals surface area contributed by atoms with E-state index in [9.17, 15) is 4.79 Å². The lowest BCUT2D eigenvalue weighted by molar-refractivity contribution is -0.135. The van der Waals surface area contributed by atoms with Crippen LogP contribution in [0.5, 0.6) is 0 Å². The van der Waals surface area contributed by atoms with Crippen molar-refractivity contribution in [1.82, 2.24) is 14.9 Å². The molecule has 116 valence electrons. The number of aromatic nitrogens is 2. The third-order valence-corrected chi connectivity index (χ3v) is 5.69. The number of hydrogen-bond acceptors (Lipinski definition) is 5. The van der Waals surface area contributed by atoms with Crippen LogP contribution in [0.4, 0.5) is 5.82 Å². The number of thiophene rings is 1. The molecule has 4 heterocycles. The lowest BCUT2D eigenvalue weighted by atomic mass is 9.95. The highest BCUT2D eigenvalue weighted by Gasteiger charge is 2.30. The van der Waals surface area contributed by atoms with Crippen LogP contribution in [0, 0.1) is 5.92 Å². The van der Waals surface area contributed by atoms with Crippen molar-refractivity contribution in [2.24, 2.45) is 5.92 Å². The van der Waals surface area contributed by atoms with Crippen molar-refractivity contribution in [3.63, 3.8) is 0 Å². The fourth-order valence-corrected chi connectivity index (χ4v) is 4.40. The predicted molar refractivity (Wildman–Crippen MR) is 88.2 cm³/mol. The van der Waals surface area contributed by atoms with Crippen molar-refractivity contribution in [2.75, 3.05) is 31.1 Å². The van der Waals surface area contributed by atoms with Gasteiger partial charge in [0.05, 0.1) is 10.2 Å². The van der Waals surface area contributed by atoms with Gasteiger partial charge in [-0.05, 0) is 37.1 Å². The molecule has 2 aliphatic rings. The number of nitrogens with zero attached hydrogens (tertiary/aromatic N) is 4. The van der Waals surface area contributed by atoms with Gasteiger partial charge in [0.2, 0.25) is 5.91 Å². The van der Waals surface area contributed by atoms with Gasteiger partial charge in [0.15, 0.2) is 0 Å². The minimum atomic E-state index is 0.204. The van der Waals surface area contributed by atoms with E-state index in [1.54, 1.807) is 17.7 Å². The molecule has 4 rings (SSSR count). The Kier molecular flexibility index (Phi) is 3.70. The van der Waals surface area contributed by atoms with Crippen LogP contribution in [0.15, 0.2) is 17.8 Å². The van der Waals surface area contributed by atoms with Crippen LogP contribution in [0.25, 0.3) is 10.2 Å². The van der Waals surface area contributed by atoms with Crippen LogP contribution < -0.4 is 4.90 Å². The second-order valence-electron chi connectivity index (χ2n) is 6.13. The highest BCUT2D eigenvalue weighted by atomic mass is 32.1. The Labute approximate surface area is 134 Å². The van der Waals surface area contributed by atoms with Gasteiger partial charge in [-0.15, -0.1) is 11.3 Å². The smallest absolute Gasteiger partial charge is 0.225 e. The van der Waals surface area contributed by atoms with Gasteiger partial charge in [0.25, 0.3) is 0 Å². The number of fused-ring (bicyclic) bond motifs is 1. The third-order valence-electron chi connectivity index (χ3n) is 4.79. The molecule has 22 heavy (non-hydrogen) atoms. The van der Waals surface area contributed by atoms with E-state index in [2.05, 4.69) is 25.1 Å². The van der Waals surface area contributed by atoms with Crippen LogP contribution in [-0.2, 0) is 4.79 Å².